The second-order valence-electron chi connectivity index (χ2n) is 7.46. The van der Waals surface area contributed by atoms with Crippen LogP contribution >= 0.6 is 0 Å². The van der Waals surface area contributed by atoms with Crippen LogP contribution in [0.15, 0.2) is 24.8 Å². The van der Waals surface area contributed by atoms with E-state index in [1.165, 1.54) is 6.08 Å². The first-order valence-corrected chi connectivity index (χ1v) is 11.8. The molecule has 1 unspecified atom stereocenters. The maximum atomic E-state index is 12.9. The number of hydrogen-bond acceptors (Lipinski definition) is 4. The van der Waals surface area contributed by atoms with Gasteiger partial charge >= 0.3 is 5.97 Å². The molecule has 1 N–H and O–H groups in total. The highest BCUT2D eigenvalue weighted by molar-refractivity contribution is 7.91. The Morgan fingerprint density at radius 3 is 2.61 bits per heavy atom. The van der Waals surface area contributed by atoms with E-state index in [9.17, 15) is 18.0 Å². The van der Waals surface area contributed by atoms with Crippen molar-refractivity contribution in [3.63, 3.8) is 0 Å². The first-order valence-electron chi connectivity index (χ1n) is 10.0. The van der Waals surface area contributed by atoms with E-state index >= 15 is 0 Å². The third-order valence-corrected chi connectivity index (χ3v) is 7.39. The molecule has 1 aromatic carbocycles. The van der Waals surface area contributed by atoms with Gasteiger partial charge in [-0.25, -0.2) is 8.42 Å². The molecule has 28 heavy (non-hydrogen) atoms. The molecule has 0 radical (unpaired) electrons. The Morgan fingerprint density at radius 2 is 1.96 bits per heavy atom. The molecular weight excluding hydrogens is 376 g/mol. The zero-order valence-electron chi connectivity index (χ0n) is 16.6. The van der Waals surface area contributed by atoms with Gasteiger partial charge in [0, 0.05) is 18.4 Å². The minimum atomic E-state index is -3.61. The molecule has 0 fully saturated rings. The van der Waals surface area contributed by atoms with Crippen molar-refractivity contribution in [3.8, 4) is 0 Å². The van der Waals surface area contributed by atoms with Crippen LogP contribution in [0.5, 0.6) is 0 Å². The van der Waals surface area contributed by atoms with Crippen molar-refractivity contribution >= 4 is 21.6 Å². The fraction of sp³-hybridized carbons (Fsp3) is 0.545. The lowest BCUT2D eigenvalue weighted by molar-refractivity contribution is -0.137. The molecule has 0 spiro atoms. The second kappa shape index (κ2) is 10.0. The normalized spacial score (nSPS) is 14.7. The highest BCUT2D eigenvalue weighted by Gasteiger charge is 2.29. The number of aryl methyl sites for hydroxylation is 2. The van der Waals surface area contributed by atoms with E-state index in [0.717, 1.165) is 43.2 Å². The van der Waals surface area contributed by atoms with Gasteiger partial charge in [-0.3, -0.25) is 9.59 Å². The lowest BCUT2D eigenvalue weighted by atomic mass is 9.93. The number of ketones is 1. The van der Waals surface area contributed by atoms with E-state index in [1.54, 1.807) is 6.07 Å². The third kappa shape index (κ3) is 5.53. The van der Waals surface area contributed by atoms with E-state index in [1.807, 2.05) is 6.07 Å². The number of sulfone groups is 1. The molecule has 0 saturated heterocycles. The number of Topliss-reactive ketones (excluding diaryl/α,β-unsaturated/α-hetero) is 1. The second-order valence-corrected chi connectivity index (χ2v) is 9.70. The number of benzene rings is 1. The molecule has 0 heterocycles. The van der Waals surface area contributed by atoms with Crippen molar-refractivity contribution in [1.29, 1.82) is 0 Å². The average molecular weight is 407 g/mol. The van der Waals surface area contributed by atoms with Gasteiger partial charge in [0.2, 0.25) is 0 Å². The van der Waals surface area contributed by atoms with Crippen LogP contribution < -0.4 is 0 Å². The van der Waals surface area contributed by atoms with Crippen molar-refractivity contribution < 1.29 is 23.1 Å². The van der Waals surface area contributed by atoms with Crippen LogP contribution in [0.2, 0.25) is 0 Å². The van der Waals surface area contributed by atoms with Crippen molar-refractivity contribution in [3.05, 3.63) is 47.0 Å². The number of carboxylic acids is 1. The number of aliphatic carboxylic acids is 1. The predicted molar refractivity (Wildman–Crippen MR) is 111 cm³/mol. The maximum Gasteiger partial charge on any atom is 0.303 e. The Kier molecular flexibility index (Phi) is 7.98. The molecule has 5 nitrogen and oxygen atoms in total. The summed E-state index contributed by atoms with van der Waals surface area (Å²) in [6.07, 6.45) is 7.55. The number of carboxylic acid groups (broad SMARTS) is 1. The van der Waals surface area contributed by atoms with Gasteiger partial charge in [-0.2, -0.15) is 0 Å². The molecule has 0 aliphatic heterocycles. The number of carbonyl (C=O) groups excluding carboxylic acids is 1. The molecule has 6 heteroatoms. The minimum Gasteiger partial charge on any atom is -0.481 e. The number of rotatable bonds is 12. The number of fused-ring (bicyclic) bond motifs is 1. The van der Waals surface area contributed by atoms with Crippen molar-refractivity contribution in [2.45, 2.75) is 70.0 Å². The molecule has 0 amide bonds. The van der Waals surface area contributed by atoms with Gasteiger partial charge in [0.25, 0.3) is 0 Å². The summed E-state index contributed by atoms with van der Waals surface area (Å²) < 4.78 is 25.8. The molecular formula is C22H30O5S. The van der Waals surface area contributed by atoms with Gasteiger partial charge in [-0.15, -0.1) is 6.58 Å². The maximum absolute atomic E-state index is 12.9. The summed E-state index contributed by atoms with van der Waals surface area (Å²) in [5, 5.41) is 7.87. The van der Waals surface area contributed by atoms with Crippen LogP contribution in [0.1, 0.15) is 84.2 Å². The standard InChI is InChI=1S/C22H30O5S/c1-3-5-6-7-9-16-14-17-11-12-20(23)18(17)15-19(16)21(4-2)28(26,27)13-8-10-22(24)25/h4,14-15,21H,2-3,5-13H2,1H3,(H,24,25). The van der Waals surface area contributed by atoms with Crippen LogP contribution in [0, 0.1) is 0 Å². The zero-order chi connectivity index (χ0) is 20.7. The van der Waals surface area contributed by atoms with Crippen molar-refractivity contribution in [2.24, 2.45) is 0 Å². The molecule has 154 valence electrons. The number of hydrogen-bond donors (Lipinski definition) is 1. The topological polar surface area (TPSA) is 88.5 Å². The van der Waals surface area contributed by atoms with E-state index in [4.69, 9.17) is 5.11 Å². The molecule has 2 rings (SSSR count). The Balaban J connectivity index is 2.35. The lowest BCUT2D eigenvalue weighted by Gasteiger charge is -2.20. The molecule has 0 aromatic heterocycles. The van der Waals surface area contributed by atoms with E-state index in [-0.39, 0.29) is 24.4 Å². The quantitative estimate of drug-likeness (QED) is 0.409. The number of unbranched alkanes of at least 4 members (excludes halogenated alkanes) is 3. The van der Waals surface area contributed by atoms with Crippen LogP contribution in [0.3, 0.4) is 0 Å². The van der Waals surface area contributed by atoms with Gasteiger partial charge in [0.15, 0.2) is 15.6 Å². The van der Waals surface area contributed by atoms with Crippen LogP contribution in [0.25, 0.3) is 0 Å². The first kappa shape index (κ1) is 22.3. The fourth-order valence-electron chi connectivity index (χ4n) is 3.80. The lowest BCUT2D eigenvalue weighted by Crippen LogP contribution is -2.18. The molecule has 0 saturated carbocycles. The summed E-state index contributed by atoms with van der Waals surface area (Å²) in [5.41, 5.74) is 3.23. The van der Waals surface area contributed by atoms with E-state index in [2.05, 4.69) is 13.5 Å². The average Bonchev–Trinajstić information content (AvgIpc) is 2.98. The Morgan fingerprint density at radius 1 is 1.21 bits per heavy atom. The van der Waals surface area contributed by atoms with E-state index in [0.29, 0.717) is 24.0 Å². The number of carbonyl (C=O) groups is 2. The Bertz CT molecular complexity index is 839. The van der Waals surface area contributed by atoms with Crippen molar-refractivity contribution in [1.82, 2.24) is 0 Å². The van der Waals surface area contributed by atoms with Crippen LogP contribution in [0.4, 0.5) is 0 Å². The minimum absolute atomic E-state index is 0.0554. The molecule has 1 atom stereocenters. The van der Waals surface area contributed by atoms with Gasteiger partial charge in [-0.05, 0) is 48.4 Å². The SMILES string of the molecule is C=CC(c1cc2c(cc1CCCCCC)CCC2=O)S(=O)(=O)CCCC(=O)O. The highest BCUT2D eigenvalue weighted by Crippen LogP contribution is 2.34. The Hall–Kier alpha value is -1.95. The van der Waals surface area contributed by atoms with Gasteiger partial charge in [0.05, 0.1) is 5.75 Å². The largest absolute Gasteiger partial charge is 0.481 e. The van der Waals surface area contributed by atoms with Crippen LogP contribution in [-0.4, -0.2) is 31.0 Å². The summed E-state index contributed by atoms with van der Waals surface area (Å²) >= 11 is 0. The third-order valence-electron chi connectivity index (χ3n) is 5.31. The van der Waals surface area contributed by atoms with Gasteiger partial charge in [0.1, 0.15) is 5.25 Å². The summed E-state index contributed by atoms with van der Waals surface area (Å²) in [6, 6.07) is 3.76. The van der Waals surface area contributed by atoms with Gasteiger partial charge < -0.3 is 5.11 Å². The van der Waals surface area contributed by atoms with Gasteiger partial charge in [-0.1, -0.05) is 38.3 Å². The first-order chi connectivity index (χ1) is 13.3. The molecule has 0 bridgehead atoms. The highest BCUT2D eigenvalue weighted by atomic mass is 32.2. The fourth-order valence-corrected chi connectivity index (χ4v) is 5.50. The molecule has 1 aliphatic rings. The monoisotopic (exact) mass is 406 g/mol. The molecule has 1 aliphatic carbocycles. The summed E-state index contributed by atoms with van der Waals surface area (Å²) in [5.74, 6) is -1.17. The smallest absolute Gasteiger partial charge is 0.303 e. The zero-order valence-corrected chi connectivity index (χ0v) is 17.4. The Labute approximate surface area is 167 Å². The predicted octanol–water partition coefficient (Wildman–Crippen LogP) is 4.45. The van der Waals surface area contributed by atoms with Crippen molar-refractivity contribution in [2.75, 3.05) is 5.75 Å². The summed E-state index contributed by atoms with van der Waals surface area (Å²) in [4.78, 5) is 22.9. The summed E-state index contributed by atoms with van der Waals surface area (Å²) in [7, 11) is -3.61. The summed E-state index contributed by atoms with van der Waals surface area (Å²) in [6.45, 7) is 5.87. The van der Waals surface area contributed by atoms with Crippen LogP contribution in [-0.2, 0) is 27.5 Å². The molecule has 1 aromatic rings. The van der Waals surface area contributed by atoms with E-state index < -0.39 is 21.1 Å².